The van der Waals surface area contributed by atoms with Crippen LogP contribution in [0.3, 0.4) is 0 Å². The second-order valence-corrected chi connectivity index (χ2v) is 13.2. The molecule has 0 spiro atoms. The number of rotatable bonds is 12. The van der Waals surface area contributed by atoms with Gasteiger partial charge in [-0.2, -0.15) is 10.1 Å². The third-order valence-corrected chi connectivity index (χ3v) is 9.30. The van der Waals surface area contributed by atoms with Crippen LogP contribution in [0.1, 0.15) is 84.7 Å². The number of piperazine rings is 1. The number of aromatic nitrogens is 4. The van der Waals surface area contributed by atoms with Crippen molar-refractivity contribution in [2.24, 2.45) is 11.7 Å². The molecule has 3 N–H and O–H groups in total. The number of anilines is 1. The summed E-state index contributed by atoms with van der Waals surface area (Å²) in [5, 5.41) is 9.51. The van der Waals surface area contributed by atoms with Crippen LogP contribution in [0.5, 0.6) is 0 Å². The van der Waals surface area contributed by atoms with E-state index >= 15 is 0 Å². The van der Waals surface area contributed by atoms with E-state index in [1.165, 1.54) is 5.56 Å². The number of ether oxygens (including phenoxy) is 1. The maximum atomic E-state index is 12.5. The molecule has 3 heterocycles. The number of esters is 1. The van der Waals surface area contributed by atoms with E-state index in [9.17, 15) is 4.79 Å². The van der Waals surface area contributed by atoms with E-state index in [-0.39, 0.29) is 24.0 Å². The topological polar surface area (TPSA) is 114 Å². The summed E-state index contributed by atoms with van der Waals surface area (Å²) in [7, 11) is 0. The fourth-order valence-corrected chi connectivity index (χ4v) is 6.24. The van der Waals surface area contributed by atoms with Crippen molar-refractivity contribution in [1.82, 2.24) is 29.5 Å². The minimum Gasteiger partial charge on any atom is -0.461 e. The molecule has 1 aromatic carbocycles. The van der Waals surface area contributed by atoms with Crippen LogP contribution in [-0.4, -0.2) is 86.4 Å². The van der Waals surface area contributed by atoms with Gasteiger partial charge in [-0.3, -0.25) is 14.6 Å². The molecule has 0 radical (unpaired) electrons. The maximum absolute atomic E-state index is 12.5. The zero-order valence-corrected chi connectivity index (χ0v) is 27.3. The molecule has 2 fully saturated rings. The van der Waals surface area contributed by atoms with Gasteiger partial charge in [-0.05, 0) is 57.4 Å². The van der Waals surface area contributed by atoms with E-state index in [0.29, 0.717) is 12.0 Å². The molecule has 0 bridgehead atoms. The van der Waals surface area contributed by atoms with Gasteiger partial charge in [-0.15, -0.1) is 0 Å². The van der Waals surface area contributed by atoms with Gasteiger partial charge in [0.05, 0.1) is 11.4 Å². The average Bonchev–Trinajstić information content (AvgIpc) is 3.40. The quantitative estimate of drug-likeness (QED) is 0.212. The van der Waals surface area contributed by atoms with E-state index in [2.05, 4.69) is 69.8 Å². The monoisotopic (exact) mass is 604 g/mol. The number of carbonyl (C=O) groups excluding carboxylic acids is 1. The van der Waals surface area contributed by atoms with Gasteiger partial charge in [0, 0.05) is 57.1 Å². The Morgan fingerprint density at radius 3 is 2.39 bits per heavy atom. The van der Waals surface area contributed by atoms with E-state index < -0.39 is 6.04 Å². The van der Waals surface area contributed by atoms with Crippen LogP contribution in [0.2, 0.25) is 0 Å². The first-order chi connectivity index (χ1) is 21.2. The third kappa shape index (κ3) is 7.76. The van der Waals surface area contributed by atoms with Gasteiger partial charge in [0.2, 0.25) is 5.95 Å². The lowest BCUT2D eigenvalue weighted by atomic mass is 9.93. The molecular formula is C34H52N8O2. The number of nitrogens with zero attached hydrogens (tertiary/aromatic N) is 6. The first-order valence-corrected chi connectivity index (χ1v) is 16.7. The third-order valence-electron chi connectivity index (χ3n) is 9.30. The van der Waals surface area contributed by atoms with Crippen molar-refractivity contribution in [1.29, 1.82) is 0 Å². The van der Waals surface area contributed by atoms with E-state index in [0.717, 1.165) is 100 Å². The van der Waals surface area contributed by atoms with Gasteiger partial charge >= 0.3 is 5.97 Å². The first-order valence-electron chi connectivity index (χ1n) is 16.7. The minimum atomic E-state index is -0.581. The molecule has 44 heavy (non-hydrogen) atoms. The highest BCUT2D eigenvalue weighted by atomic mass is 16.5. The first kappa shape index (κ1) is 32.3. The number of unbranched alkanes of at least 4 members (excludes halogenated alkanes) is 1. The van der Waals surface area contributed by atoms with Crippen LogP contribution < -0.4 is 11.1 Å². The number of hydrogen-bond acceptors (Lipinski definition) is 9. The van der Waals surface area contributed by atoms with Crippen molar-refractivity contribution >= 4 is 23.0 Å². The molecule has 5 rings (SSSR count). The van der Waals surface area contributed by atoms with Gasteiger partial charge in [-0.1, -0.05) is 51.5 Å². The van der Waals surface area contributed by atoms with Crippen LogP contribution in [0.25, 0.3) is 22.3 Å². The summed E-state index contributed by atoms with van der Waals surface area (Å²) in [6.07, 6.45) is 7.26. The highest BCUT2D eigenvalue weighted by Crippen LogP contribution is 2.35. The zero-order chi connectivity index (χ0) is 31.2. The lowest BCUT2D eigenvalue weighted by molar-refractivity contribution is -0.153. The van der Waals surface area contributed by atoms with E-state index in [4.69, 9.17) is 20.6 Å². The van der Waals surface area contributed by atoms with E-state index in [1.54, 1.807) is 0 Å². The summed E-state index contributed by atoms with van der Waals surface area (Å²) in [5.41, 5.74) is 10.2. The Balaban J connectivity index is 1.32. The van der Waals surface area contributed by atoms with Crippen molar-refractivity contribution in [2.75, 3.05) is 38.0 Å². The summed E-state index contributed by atoms with van der Waals surface area (Å²) in [6, 6.07) is 9.04. The normalized spacial score (nSPS) is 20.8. The van der Waals surface area contributed by atoms with Gasteiger partial charge in [-0.25, -0.2) is 9.67 Å². The molecule has 0 unspecified atom stereocenters. The summed E-state index contributed by atoms with van der Waals surface area (Å²) in [5.74, 6) is 0.394. The second-order valence-electron chi connectivity index (χ2n) is 13.2. The molecule has 3 aromatic rings. The lowest BCUT2D eigenvalue weighted by Gasteiger charge is -2.36. The number of fused-ring (bicyclic) bond motifs is 1. The largest absolute Gasteiger partial charge is 0.461 e. The fourth-order valence-electron chi connectivity index (χ4n) is 6.24. The van der Waals surface area contributed by atoms with Crippen molar-refractivity contribution < 1.29 is 9.53 Å². The molecule has 1 saturated carbocycles. The van der Waals surface area contributed by atoms with Crippen LogP contribution in [-0.2, 0) is 16.1 Å². The number of nitrogens with two attached hydrogens (primary N) is 1. The van der Waals surface area contributed by atoms with Crippen LogP contribution >= 0.6 is 0 Å². The minimum absolute atomic E-state index is 0.0574. The Labute approximate surface area is 262 Å². The smallest absolute Gasteiger partial charge is 0.323 e. The maximum Gasteiger partial charge on any atom is 0.323 e. The number of benzene rings is 1. The molecule has 240 valence electrons. The molecule has 10 nitrogen and oxygen atoms in total. The summed E-state index contributed by atoms with van der Waals surface area (Å²) < 4.78 is 7.88. The Hall–Kier alpha value is -3.08. The number of carbonyl (C=O) groups is 1. The number of nitrogens with one attached hydrogen (secondary N) is 1. The standard InChI is InChI=1S/C34H52N8O2/c1-6-7-16-36-34-37-21-29-31(26-10-8-25(9-11-26)22-40-17-19-41(20-18-40)24(4)5)39-42(32(29)38-34)27-12-14-28(15-13-27)44-33(43)30(35)23(2)3/h8-11,21,23-24,27-28,30H,6-7,12-20,22,35H2,1-5H3,(H,36,37,38)/t27?,28?,30-/m0/s1. The van der Waals surface area contributed by atoms with Gasteiger partial charge < -0.3 is 15.8 Å². The highest BCUT2D eigenvalue weighted by Gasteiger charge is 2.30. The Bertz CT molecular complexity index is 1360. The predicted molar refractivity (Wildman–Crippen MR) is 176 cm³/mol. The highest BCUT2D eigenvalue weighted by molar-refractivity contribution is 5.91. The van der Waals surface area contributed by atoms with Crippen LogP contribution in [0.4, 0.5) is 5.95 Å². The van der Waals surface area contributed by atoms with Gasteiger partial charge in [0.25, 0.3) is 0 Å². The second kappa shape index (κ2) is 14.8. The van der Waals surface area contributed by atoms with E-state index in [1.807, 2.05) is 20.0 Å². The molecule has 0 amide bonds. The van der Waals surface area contributed by atoms with Crippen LogP contribution in [0, 0.1) is 5.92 Å². The molecular weight excluding hydrogens is 552 g/mol. The molecule has 1 atom stereocenters. The Morgan fingerprint density at radius 1 is 1.05 bits per heavy atom. The molecule has 2 aromatic heterocycles. The Kier molecular flexibility index (Phi) is 10.9. The van der Waals surface area contributed by atoms with Gasteiger partial charge in [0.1, 0.15) is 17.8 Å². The van der Waals surface area contributed by atoms with Crippen LogP contribution in [0.15, 0.2) is 30.5 Å². The van der Waals surface area contributed by atoms with Gasteiger partial charge in [0.15, 0.2) is 5.65 Å². The molecule has 1 saturated heterocycles. The molecule has 10 heteroatoms. The average molecular weight is 605 g/mol. The Morgan fingerprint density at radius 2 is 1.75 bits per heavy atom. The summed E-state index contributed by atoms with van der Waals surface area (Å²) in [4.78, 5) is 27.2. The zero-order valence-electron chi connectivity index (χ0n) is 27.3. The van der Waals surface area contributed by atoms with Crippen molar-refractivity contribution in [3.05, 3.63) is 36.0 Å². The molecule has 2 aliphatic rings. The SMILES string of the molecule is CCCCNc1ncc2c(-c3ccc(CN4CCN(C(C)C)CC4)cc3)nn(C3CCC(OC(=O)[C@@H](N)C(C)C)CC3)c2n1. The van der Waals surface area contributed by atoms with Crippen molar-refractivity contribution in [2.45, 2.75) is 104 Å². The molecule has 1 aliphatic heterocycles. The predicted octanol–water partition coefficient (Wildman–Crippen LogP) is 5.24. The summed E-state index contributed by atoms with van der Waals surface area (Å²) in [6.45, 7) is 16.9. The molecule has 1 aliphatic carbocycles. The van der Waals surface area contributed by atoms with Crippen molar-refractivity contribution in [3.8, 4) is 11.3 Å². The lowest BCUT2D eigenvalue weighted by Crippen LogP contribution is -2.48. The number of hydrogen-bond donors (Lipinski definition) is 2. The fraction of sp³-hybridized carbons (Fsp3) is 0.647. The van der Waals surface area contributed by atoms with Crippen molar-refractivity contribution in [3.63, 3.8) is 0 Å². The summed E-state index contributed by atoms with van der Waals surface area (Å²) >= 11 is 0.